The number of ketones is 1. The Hall–Kier alpha value is -2.61. The zero-order valence-corrected chi connectivity index (χ0v) is 19.7. The molecule has 0 radical (unpaired) electrons. The minimum Gasteiger partial charge on any atom is -0.400 e. The number of alkyl halides is 3. The number of allylic oxidation sites excluding steroid dienone is 2. The first-order valence-electron chi connectivity index (χ1n) is 10.2. The average molecular weight is 471 g/mol. The van der Waals surface area contributed by atoms with E-state index in [1.807, 2.05) is 27.7 Å². The average Bonchev–Trinajstić information content (AvgIpc) is 2.99. The summed E-state index contributed by atoms with van der Waals surface area (Å²) >= 11 is 6.38. The Balaban J connectivity index is 2.69. The first kappa shape index (κ1) is 25.6. The summed E-state index contributed by atoms with van der Waals surface area (Å²) < 4.78 is 44.5. The molecule has 0 bridgehead atoms. The number of hydrogen-bond acceptors (Lipinski definition) is 4. The minimum atomic E-state index is -5.21. The molecule has 174 valence electrons. The molecule has 2 aromatic rings. The van der Waals surface area contributed by atoms with E-state index in [2.05, 4.69) is 9.84 Å². The molecule has 2 rings (SSSR count). The van der Waals surface area contributed by atoms with Gasteiger partial charge >= 0.3 is 12.1 Å². The Morgan fingerprint density at radius 1 is 1.12 bits per heavy atom. The fourth-order valence-electron chi connectivity index (χ4n) is 3.30. The van der Waals surface area contributed by atoms with Crippen LogP contribution in [0.5, 0.6) is 5.88 Å². The lowest BCUT2D eigenvalue weighted by molar-refractivity contribution is -0.190. The Kier molecular flexibility index (Phi) is 7.93. The number of hydrogen-bond donors (Lipinski definition) is 0. The minimum absolute atomic E-state index is 0.172. The standard InChI is InChI=1S/C23H26ClF3N2O3/c1-7-8-11-29-21(32-22(31)23(25,26)27)19(15(6)28-29)20(30)16-9-10-17(24)18(14(16)5)13(4)12(2)3/h9-10H,7-8,11H2,1-6H3. The quantitative estimate of drug-likeness (QED) is 0.344. The number of rotatable bonds is 7. The number of unbranched alkanes of at least 4 members (excludes halogenated alkanes) is 1. The van der Waals surface area contributed by atoms with Crippen LogP contribution in [-0.2, 0) is 11.3 Å². The van der Waals surface area contributed by atoms with E-state index in [4.69, 9.17) is 11.6 Å². The number of aromatic nitrogens is 2. The van der Waals surface area contributed by atoms with Crippen molar-refractivity contribution in [3.05, 3.63) is 50.7 Å². The Morgan fingerprint density at radius 2 is 1.75 bits per heavy atom. The van der Waals surface area contributed by atoms with Crippen LogP contribution >= 0.6 is 11.6 Å². The van der Waals surface area contributed by atoms with E-state index in [1.54, 1.807) is 13.0 Å². The van der Waals surface area contributed by atoms with Crippen LogP contribution in [0.15, 0.2) is 17.7 Å². The number of halogens is 4. The number of benzene rings is 1. The molecule has 0 saturated heterocycles. The summed E-state index contributed by atoms with van der Waals surface area (Å²) in [6.45, 7) is 11.0. The maximum Gasteiger partial charge on any atom is 0.491 e. The van der Waals surface area contributed by atoms with Crippen LogP contribution in [0.1, 0.15) is 73.3 Å². The topological polar surface area (TPSA) is 61.2 Å². The van der Waals surface area contributed by atoms with Crippen molar-refractivity contribution >= 4 is 28.9 Å². The second-order valence-corrected chi connectivity index (χ2v) is 8.19. The maximum absolute atomic E-state index is 13.5. The zero-order valence-electron chi connectivity index (χ0n) is 18.9. The van der Waals surface area contributed by atoms with Crippen molar-refractivity contribution in [1.82, 2.24) is 9.78 Å². The van der Waals surface area contributed by atoms with E-state index >= 15 is 0 Å². The van der Waals surface area contributed by atoms with Gasteiger partial charge in [0.15, 0.2) is 0 Å². The molecule has 9 heteroatoms. The molecule has 0 unspecified atom stereocenters. The van der Waals surface area contributed by atoms with Gasteiger partial charge in [0.05, 0.1) is 5.69 Å². The summed E-state index contributed by atoms with van der Waals surface area (Å²) in [4.78, 5) is 25.1. The van der Waals surface area contributed by atoms with Crippen molar-refractivity contribution in [1.29, 1.82) is 0 Å². The van der Waals surface area contributed by atoms with Gasteiger partial charge in [0.1, 0.15) is 5.56 Å². The van der Waals surface area contributed by atoms with Gasteiger partial charge < -0.3 is 4.74 Å². The molecule has 32 heavy (non-hydrogen) atoms. The van der Waals surface area contributed by atoms with Gasteiger partial charge in [-0.15, -0.1) is 0 Å². The molecule has 0 amide bonds. The van der Waals surface area contributed by atoms with Crippen LogP contribution in [0, 0.1) is 13.8 Å². The van der Waals surface area contributed by atoms with Gasteiger partial charge in [-0.05, 0) is 69.9 Å². The molecule has 0 aliphatic heterocycles. The number of carbonyl (C=O) groups is 2. The lowest BCUT2D eigenvalue weighted by Crippen LogP contribution is -2.29. The summed E-state index contributed by atoms with van der Waals surface area (Å²) in [7, 11) is 0. The fourth-order valence-corrected chi connectivity index (χ4v) is 3.65. The van der Waals surface area contributed by atoms with Crippen LogP contribution in [0.4, 0.5) is 13.2 Å². The van der Waals surface area contributed by atoms with Gasteiger partial charge in [0.25, 0.3) is 0 Å². The Labute approximate surface area is 190 Å². The molecule has 0 aliphatic rings. The number of aryl methyl sites for hydroxylation is 2. The largest absolute Gasteiger partial charge is 0.491 e. The second kappa shape index (κ2) is 9.90. The predicted octanol–water partition coefficient (Wildman–Crippen LogP) is 6.47. The van der Waals surface area contributed by atoms with E-state index in [9.17, 15) is 22.8 Å². The molecule has 0 N–H and O–H groups in total. The van der Waals surface area contributed by atoms with Crippen molar-refractivity contribution in [2.24, 2.45) is 0 Å². The van der Waals surface area contributed by atoms with Gasteiger partial charge in [0, 0.05) is 17.1 Å². The highest BCUT2D eigenvalue weighted by Crippen LogP contribution is 2.34. The maximum atomic E-state index is 13.5. The number of esters is 1. The number of ether oxygens (including phenoxy) is 1. The van der Waals surface area contributed by atoms with E-state index in [0.29, 0.717) is 22.6 Å². The predicted molar refractivity (Wildman–Crippen MR) is 117 cm³/mol. The third kappa shape index (κ3) is 5.23. The monoisotopic (exact) mass is 470 g/mol. The molecule has 1 heterocycles. The fraction of sp³-hybridized carbons (Fsp3) is 0.435. The SMILES string of the molecule is CCCCn1nc(C)c(C(=O)c2ccc(Cl)c(C(C)=C(C)C)c2C)c1OC(=O)C(F)(F)F. The normalized spacial score (nSPS) is 11.4. The van der Waals surface area contributed by atoms with E-state index < -0.39 is 23.8 Å². The summed E-state index contributed by atoms with van der Waals surface area (Å²) in [5.74, 6) is -3.50. The summed E-state index contributed by atoms with van der Waals surface area (Å²) in [5.41, 5.74) is 3.39. The molecule has 5 nitrogen and oxygen atoms in total. The Morgan fingerprint density at radius 3 is 2.28 bits per heavy atom. The van der Waals surface area contributed by atoms with Crippen molar-refractivity contribution in [2.75, 3.05) is 0 Å². The van der Waals surface area contributed by atoms with E-state index in [1.165, 1.54) is 13.0 Å². The number of carbonyl (C=O) groups excluding carboxylic acids is 2. The highest BCUT2D eigenvalue weighted by molar-refractivity contribution is 6.33. The molecule has 0 fully saturated rings. The lowest BCUT2D eigenvalue weighted by atomic mass is 9.91. The molecular formula is C23H26ClF3N2O3. The third-order valence-corrected chi connectivity index (χ3v) is 5.55. The van der Waals surface area contributed by atoms with Crippen LogP contribution in [-0.4, -0.2) is 27.7 Å². The first-order valence-corrected chi connectivity index (χ1v) is 10.5. The van der Waals surface area contributed by atoms with Gasteiger partial charge in [0.2, 0.25) is 11.7 Å². The molecule has 1 aromatic carbocycles. The van der Waals surface area contributed by atoms with Crippen LogP contribution in [0.3, 0.4) is 0 Å². The molecule has 0 saturated carbocycles. The lowest BCUT2D eigenvalue weighted by Gasteiger charge is -2.15. The highest BCUT2D eigenvalue weighted by atomic mass is 35.5. The molecule has 1 aromatic heterocycles. The first-order chi connectivity index (χ1) is 14.8. The number of nitrogens with zero attached hydrogens (tertiary/aromatic N) is 2. The smallest absolute Gasteiger partial charge is 0.400 e. The van der Waals surface area contributed by atoms with Gasteiger partial charge in [-0.2, -0.15) is 18.3 Å². The summed E-state index contributed by atoms with van der Waals surface area (Å²) in [6.07, 6.45) is -3.90. The van der Waals surface area contributed by atoms with Crippen LogP contribution in [0.25, 0.3) is 5.57 Å². The van der Waals surface area contributed by atoms with Crippen molar-refractivity contribution in [2.45, 2.75) is 67.1 Å². The van der Waals surface area contributed by atoms with Crippen LogP contribution in [0.2, 0.25) is 5.02 Å². The molecular weight excluding hydrogens is 445 g/mol. The molecule has 0 atom stereocenters. The summed E-state index contributed by atoms with van der Waals surface area (Å²) in [5, 5.41) is 4.63. The van der Waals surface area contributed by atoms with E-state index in [-0.39, 0.29) is 23.4 Å². The van der Waals surface area contributed by atoms with Gasteiger partial charge in [-0.3, -0.25) is 4.79 Å². The third-order valence-electron chi connectivity index (χ3n) is 5.24. The van der Waals surface area contributed by atoms with Gasteiger partial charge in [-0.1, -0.05) is 30.5 Å². The van der Waals surface area contributed by atoms with Gasteiger partial charge in [-0.25, -0.2) is 9.48 Å². The Bertz CT molecular complexity index is 1080. The molecule has 0 spiro atoms. The molecule has 0 aliphatic carbocycles. The van der Waals surface area contributed by atoms with Crippen molar-refractivity contribution in [3.63, 3.8) is 0 Å². The van der Waals surface area contributed by atoms with Crippen molar-refractivity contribution < 1.29 is 27.5 Å². The van der Waals surface area contributed by atoms with Crippen molar-refractivity contribution in [3.8, 4) is 5.88 Å². The zero-order chi connectivity index (χ0) is 24.4. The summed E-state index contributed by atoms with van der Waals surface area (Å²) in [6, 6.07) is 3.09. The van der Waals surface area contributed by atoms with E-state index in [0.717, 1.165) is 22.2 Å². The van der Waals surface area contributed by atoms with Crippen LogP contribution < -0.4 is 4.74 Å². The highest BCUT2D eigenvalue weighted by Gasteiger charge is 2.43. The second-order valence-electron chi connectivity index (χ2n) is 7.78.